The third-order valence-electron chi connectivity index (χ3n) is 3.10. The molecule has 0 unspecified atom stereocenters. The Morgan fingerprint density at radius 3 is 1.59 bits per heavy atom. The van der Waals surface area contributed by atoms with Crippen molar-refractivity contribution in [2.75, 3.05) is 79.2 Å². The van der Waals surface area contributed by atoms with E-state index in [1.54, 1.807) is 0 Å². The minimum Gasteiger partial charge on any atom is -0.481 e. The summed E-state index contributed by atoms with van der Waals surface area (Å²) >= 11 is 0. The van der Waals surface area contributed by atoms with Crippen LogP contribution >= 0.6 is 0 Å². The van der Waals surface area contributed by atoms with E-state index in [0.717, 1.165) is 0 Å². The third kappa shape index (κ3) is 22.7. The van der Waals surface area contributed by atoms with Gasteiger partial charge in [-0.15, -0.1) is 0 Å². The first kappa shape index (κ1) is 25.7. The second kappa shape index (κ2) is 21.0. The number of amides is 1. The molecule has 0 heterocycles. The molecule has 0 aliphatic rings. The fourth-order valence-corrected chi connectivity index (χ4v) is 1.78. The zero-order valence-corrected chi connectivity index (χ0v) is 16.0. The maximum absolute atomic E-state index is 11.3. The molecule has 160 valence electrons. The molecule has 0 aliphatic heterocycles. The lowest BCUT2D eigenvalue weighted by atomic mass is 10.3. The van der Waals surface area contributed by atoms with Crippen molar-refractivity contribution in [3.8, 4) is 0 Å². The van der Waals surface area contributed by atoms with Crippen LogP contribution in [0.1, 0.15) is 19.3 Å². The Morgan fingerprint density at radius 2 is 1.15 bits per heavy atom. The van der Waals surface area contributed by atoms with E-state index in [1.807, 2.05) is 0 Å². The van der Waals surface area contributed by atoms with E-state index in [4.69, 9.17) is 34.5 Å². The highest BCUT2D eigenvalue weighted by Crippen LogP contribution is 1.89. The van der Waals surface area contributed by atoms with Crippen molar-refractivity contribution < 1.29 is 38.4 Å². The lowest BCUT2D eigenvalue weighted by molar-refractivity contribution is -0.138. The topological polar surface area (TPSA) is 139 Å². The van der Waals surface area contributed by atoms with Gasteiger partial charge in [0.1, 0.15) is 0 Å². The Morgan fingerprint density at radius 1 is 0.704 bits per heavy atom. The van der Waals surface area contributed by atoms with Crippen LogP contribution in [0, 0.1) is 0 Å². The number of carboxylic acids is 1. The van der Waals surface area contributed by atoms with Crippen molar-refractivity contribution >= 4 is 11.9 Å². The fraction of sp³-hybridized carbons (Fsp3) is 0.882. The van der Waals surface area contributed by atoms with Gasteiger partial charge in [0.25, 0.3) is 0 Å². The summed E-state index contributed by atoms with van der Waals surface area (Å²) in [5, 5.41) is 11.1. The number of nitrogens with two attached hydrogens (primary N) is 1. The van der Waals surface area contributed by atoms with Gasteiger partial charge in [-0.1, -0.05) is 0 Å². The maximum Gasteiger partial charge on any atom is 0.303 e. The molecule has 0 saturated carbocycles. The Balaban J connectivity index is 3.09. The zero-order chi connectivity index (χ0) is 20.0. The third-order valence-corrected chi connectivity index (χ3v) is 3.10. The van der Waals surface area contributed by atoms with Gasteiger partial charge in [-0.25, -0.2) is 0 Å². The average molecular weight is 394 g/mol. The van der Waals surface area contributed by atoms with Gasteiger partial charge in [0.05, 0.1) is 65.9 Å². The fourth-order valence-electron chi connectivity index (χ4n) is 1.78. The van der Waals surface area contributed by atoms with E-state index in [2.05, 4.69) is 5.32 Å². The second-order valence-corrected chi connectivity index (χ2v) is 5.45. The van der Waals surface area contributed by atoms with Crippen molar-refractivity contribution in [2.24, 2.45) is 5.73 Å². The van der Waals surface area contributed by atoms with Crippen molar-refractivity contribution in [3.63, 3.8) is 0 Å². The van der Waals surface area contributed by atoms with Crippen LogP contribution in [0.4, 0.5) is 0 Å². The predicted molar refractivity (Wildman–Crippen MR) is 97.6 cm³/mol. The van der Waals surface area contributed by atoms with Gasteiger partial charge < -0.3 is 39.8 Å². The van der Waals surface area contributed by atoms with E-state index in [0.29, 0.717) is 85.6 Å². The van der Waals surface area contributed by atoms with Crippen molar-refractivity contribution in [1.82, 2.24) is 5.32 Å². The molecule has 0 radical (unpaired) electrons. The van der Waals surface area contributed by atoms with E-state index in [9.17, 15) is 9.59 Å². The van der Waals surface area contributed by atoms with E-state index < -0.39 is 5.97 Å². The van der Waals surface area contributed by atoms with E-state index in [-0.39, 0.29) is 18.7 Å². The number of carbonyl (C=O) groups excluding carboxylic acids is 1. The Hall–Kier alpha value is -1.30. The average Bonchev–Trinajstić information content (AvgIpc) is 2.65. The largest absolute Gasteiger partial charge is 0.481 e. The molecular weight excluding hydrogens is 360 g/mol. The van der Waals surface area contributed by atoms with Crippen molar-refractivity contribution in [1.29, 1.82) is 0 Å². The SMILES string of the molecule is NCCOCCOCCOCCOCCOCCCNC(=O)CCC(=O)O. The van der Waals surface area contributed by atoms with Crippen molar-refractivity contribution in [2.45, 2.75) is 19.3 Å². The van der Waals surface area contributed by atoms with Gasteiger partial charge in [-0.05, 0) is 6.42 Å². The molecule has 4 N–H and O–H groups in total. The van der Waals surface area contributed by atoms with Gasteiger partial charge in [0.2, 0.25) is 5.91 Å². The summed E-state index contributed by atoms with van der Waals surface area (Å²) in [5.41, 5.74) is 5.29. The summed E-state index contributed by atoms with van der Waals surface area (Å²) in [5.74, 6) is -1.23. The van der Waals surface area contributed by atoms with Gasteiger partial charge >= 0.3 is 5.97 Å². The first-order valence-electron chi connectivity index (χ1n) is 9.24. The van der Waals surface area contributed by atoms with E-state index >= 15 is 0 Å². The normalized spacial score (nSPS) is 10.9. The molecule has 27 heavy (non-hydrogen) atoms. The Bertz CT molecular complexity index is 358. The predicted octanol–water partition coefficient (Wildman–Crippen LogP) is -0.601. The number of carbonyl (C=O) groups is 2. The highest BCUT2D eigenvalue weighted by Gasteiger charge is 2.04. The Labute approximate surface area is 160 Å². The van der Waals surface area contributed by atoms with Crippen LogP contribution in [0.5, 0.6) is 0 Å². The second-order valence-electron chi connectivity index (χ2n) is 5.45. The molecule has 0 bridgehead atoms. The highest BCUT2D eigenvalue weighted by molar-refractivity contribution is 5.80. The van der Waals surface area contributed by atoms with Crippen LogP contribution in [0.15, 0.2) is 0 Å². The molecule has 0 aliphatic carbocycles. The summed E-state index contributed by atoms with van der Waals surface area (Å²) in [4.78, 5) is 21.6. The van der Waals surface area contributed by atoms with Gasteiger partial charge in [0, 0.05) is 26.1 Å². The molecule has 0 fully saturated rings. The molecule has 10 heteroatoms. The first-order valence-corrected chi connectivity index (χ1v) is 9.24. The van der Waals surface area contributed by atoms with Crippen LogP contribution in [0.3, 0.4) is 0 Å². The number of aliphatic carboxylic acids is 1. The molecular formula is C17H34N2O8. The van der Waals surface area contributed by atoms with Crippen LogP contribution < -0.4 is 11.1 Å². The molecule has 0 saturated heterocycles. The quantitative estimate of drug-likeness (QED) is 0.218. The number of nitrogens with one attached hydrogen (secondary N) is 1. The standard InChI is InChI=1S/C17H34N2O8/c18-4-7-24-9-11-26-13-15-27-14-12-25-10-8-23-6-1-5-19-16(20)2-3-17(21)22/h1-15,18H2,(H,19,20)(H,21,22). The minimum atomic E-state index is -0.976. The number of hydrogen-bond donors (Lipinski definition) is 3. The molecule has 0 aromatic carbocycles. The van der Waals surface area contributed by atoms with Gasteiger partial charge in [-0.3, -0.25) is 9.59 Å². The Kier molecular flexibility index (Phi) is 20.0. The zero-order valence-electron chi connectivity index (χ0n) is 16.0. The van der Waals surface area contributed by atoms with Crippen LogP contribution in [0.2, 0.25) is 0 Å². The number of carboxylic acid groups (broad SMARTS) is 1. The first-order chi connectivity index (χ1) is 13.2. The number of rotatable bonds is 21. The van der Waals surface area contributed by atoms with Crippen LogP contribution in [0.25, 0.3) is 0 Å². The molecule has 0 aromatic heterocycles. The summed E-state index contributed by atoms with van der Waals surface area (Å²) < 4.78 is 26.5. The number of ether oxygens (including phenoxy) is 5. The monoisotopic (exact) mass is 394 g/mol. The minimum absolute atomic E-state index is 0.00142. The molecule has 0 spiro atoms. The molecule has 10 nitrogen and oxygen atoms in total. The van der Waals surface area contributed by atoms with Crippen LogP contribution in [-0.4, -0.2) is 96.1 Å². The lowest BCUT2D eigenvalue weighted by Gasteiger charge is -2.08. The van der Waals surface area contributed by atoms with Crippen molar-refractivity contribution in [3.05, 3.63) is 0 Å². The molecule has 0 rings (SSSR count). The summed E-state index contributed by atoms with van der Waals surface area (Å²) in [6, 6.07) is 0. The molecule has 0 atom stereocenters. The number of hydrogen-bond acceptors (Lipinski definition) is 8. The maximum atomic E-state index is 11.3. The lowest BCUT2D eigenvalue weighted by Crippen LogP contribution is -2.25. The van der Waals surface area contributed by atoms with Gasteiger partial charge in [0.15, 0.2) is 0 Å². The smallest absolute Gasteiger partial charge is 0.303 e. The van der Waals surface area contributed by atoms with Gasteiger partial charge in [-0.2, -0.15) is 0 Å². The summed E-state index contributed by atoms with van der Waals surface area (Å²) in [6.45, 7) is 6.06. The van der Waals surface area contributed by atoms with Crippen LogP contribution in [-0.2, 0) is 33.3 Å². The van der Waals surface area contributed by atoms with E-state index in [1.165, 1.54) is 0 Å². The summed E-state index contributed by atoms with van der Waals surface area (Å²) in [6.07, 6.45) is 0.515. The molecule has 1 amide bonds. The highest BCUT2D eigenvalue weighted by atomic mass is 16.6. The molecule has 0 aromatic rings. The summed E-state index contributed by atoms with van der Waals surface area (Å²) in [7, 11) is 0.